The minimum Gasteiger partial charge on any atom is -0.497 e. The summed E-state index contributed by atoms with van der Waals surface area (Å²) in [4.78, 5) is 0.725. The molecule has 1 aromatic heterocycles. The number of ether oxygens (including phenoxy) is 1. The lowest BCUT2D eigenvalue weighted by Gasteiger charge is -2.09. The van der Waals surface area contributed by atoms with Crippen LogP contribution in [-0.2, 0) is 16.6 Å². The molecule has 0 saturated carbocycles. The van der Waals surface area contributed by atoms with Crippen molar-refractivity contribution in [1.29, 1.82) is 0 Å². The van der Waals surface area contributed by atoms with Crippen molar-refractivity contribution in [3.8, 4) is 5.75 Å². The molecule has 2 N–H and O–H groups in total. The molecule has 0 atom stereocenters. The molecule has 5 nitrogen and oxygen atoms in total. The topological polar surface area (TPSA) is 75.6 Å². The van der Waals surface area contributed by atoms with Crippen LogP contribution in [0, 0.1) is 0 Å². The number of benzene rings is 1. The molecule has 0 aliphatic carbocycles. The number of sulfonamides is 1. The quantitative estimate of drug-likeness (QED) is 0.839. The molecular weight excluding hydrogens is 366 g/mol. The van der Waals surface area contributed by atoms with E-state index in [9.17, 15) is 8.42 Å². The number of hydrogen-bond donors (Lipinski definition) is 2. The highest BCUT2D eigenvalue weighted by Gasteiger charge is 2.17. The van der Waals surface area contributed by atoms with Crippen LogP contribution in [0.4, 0.5) is 5.69 Å². The Balaban J connectivity index is 2.30. The Labute approximate surface area is 129 Å². The van der Waals surface area contributed by atoms with Gasteiger partial charge in [0.05, 0.1) is 24.3 Å². The van der Waals surface area contributed by atoms with Crippen LogP contribution >= 0.6 is 27.3 Å². The molecule has 0 fully saturated rings. The number of methoxy groups -OCH3 is 1. The Hall–Kier alpha value is -1.09. The maximum absolute atomic E-state index is 12.2. The van der Waals surface area contributed by atoms with Gasteiger partial charge in [-0.25, -0.2) is 8.42 Å². The van der Waals surface area contributed by atoms with Crippen LogP contribution in [-0.4, -0.2) is 20.6 Å². The standard InChI is InChI=1S/C12H12BrNO4S2/c1-18-10-3-8(13)2-9(4-10)14-20(16,17)12-5-11(6-15)19-7-12/h2-5,7,14-15H,6H2,1H3. The number of nitrogens with one attached hydrogen (secondary N) is 1. The summed E-state index contributed by atoms with van der Waals surface area (Å²) < 4.78 is 32.7. The van der Waals surface area contributed by atoms with E-state index in [0.29, 0.717) is 20.8 Å². The van der Waals surface area contributed by atoms with E-state index in [1.165, 1.54) is 29.9 Å². The predicted molar refractivity (Wildman–Crippen MR) is 81.7 cm³/mol. The molecule has 0 radical (unpaired) electrons. The second kappa shape index (κ2) is 6.13. The van der Waals surface area contributed by atoms with Crippen molar-refractivity contribution in [1.82, 2.24) is 0 Å². The smallest absolute Gasteiger partial charge is 0.262 e. The first-order valence-corrected chi connectivity index (χ1v) is 8.66. The van der Waals surface area contributed by atoms with E-state index < -0.39 is 10.0 Å². The molecule has 0 aliphatic heterocycles. The Kier molecular flexibility index (Phi) is 4.69. The van der Waals surface area contributed by atoms with E-state index in [1.807, 2.05) is 0 Å². The Bertz CT molecular complexity index is 712. The van der Waals surface area contributed by atoms with Gasteiger partial charge in [0.1, 0.15) is 5.75 Å². The van der Waals surface area contributed by atoms with Crippen LogP contribution in [0.2, 0.25) is 0 Å². The largest absolute Gasteiger partial charge is 0.497 e. The second-order valence-electron chi connectivity index (χ2n) is 3.89. The fraction of sp³-hybridized carbons (Fsp3) is 0.167. The number of aliphatic hydroxyl groups excluding tert-OH is 1. The van der Waals surface area contributed by atoms with Gasteiger partial charge < -0.3 is 9.84 Å². The van der Waals surface area contributed by atoms with Crippen LogP contribution < -0.4 is 9.46 Å². The average molecular weight is 378 g/mol. The normalized spacial score (nSPS) is 11.3. The Morgan fingerprint density at radius 3 is 2.70 bits per heavy atom. The van der Waals surface area contributed by atoms with Crippen molar-refractivity contribution < 1.29 is 18.3 Å². The summed E-state index contributed by atoms with van der Waals surface area (Å²) in [7, 11) is -2.17. The number of halogens is 1. The van der Waals surface area contributed by atoms with Crippen LogP contribution in [0.15, 0.2) is 39.0 Å². The Morgan fingerprint density at radius 2 is 2.10 bits per heavy atom. The fourth-order valence-corrected chi connectivity index (χ4v) is 4.18. The van der Waals surface area contributed by atoms with Gasteiger partial charge in [0, 0.05) is 20.8 Å². The van der Waals surface area contributed by atoms with Gasteiger partial charge in [-0.1, -0.05) is 15.9 Å². The number of thiophene rings is 1. The number of aliphatic hydroxyl groups is 1. The summed E-state index contributed by atoms with van der Waals surface area (Å²) in [5.74, 6) is 0.540. The van der Waals surface area contributed by atoms with Gasteiger partial charge in [0.15, 0.2) is 0 Å². The molecule has 0 unspecified atom stereocenters. The molecule has 0 saturated heterocycles. The first-order chi connectivity index (χ1) is 9.44. The maximum Gasteiger partial charge on any atom is 0.262 e. The monoisotopic (exact) mass is 377 g/mol. The molecule has 1 aromatic carbocycles. The summed E-state index contributed by atoms with van der Waals surface area (Å²) in [6.45, 7) is -0.176. The minimum absolute atomic E-state index is 0.130. The van der Waals surface area contributed by atoms with E-state index in [0.717, 1.165) is 0 Å². The Morgan fingerprint density at radius 1 is 1.35 bits per heavy atom. The molecule has 0 spiro atoms. The van der Waals surface area contributed by atoms with Crippen molar-refractivity contribution in [2.75, 3.05) is 11.8 Å². The first-order valence-electron chi connectivity index (χ1n) is 5.50. The molecule has 0 amide bonds. The molecule has 1 heterocycles. The van der Waals surface area contributed by atoms with Crippen molar-refractivity contribution in [2.24, 2.45) is 0 Å². The molecule has 0 aliphatic rings. The third-order valence-corrected chi connectivity index (χ3v) is 5.34. The van der Waals surface area contributed by atoms with Gasteiger partial charge >= 0.3 is 0 Å². The molecule has 20 heavy (non-hydrogen) atoms. The number of anilines is 1. The van der Waals surface area contributed by atoms with Gasteiger partial charge in [-0.05, 0) is 18.2 Å². The van der Waals surface area contributed by atoms with E-state index >= 15 is 0 Å². The molecular formula is C12H12BrNO4S2. The van der Waals surface area contributed by atoms with Gasteiger partial charge in [-0.2, -0.15) is 0 Å². The van der Waals surface area contributed by atoms with E-state index in [-0.39, 0.29) is 11.5 Å². The summed E-state index contributed by atoms with van der Waals surface area (Å²) in [6.07, 6.45) is 0. The van der Waals surface area contributed by atoms with Crippen LogP contribution in [0.1, 0.15) is 4.88 Å². The molecule has 2 rings (SSSR count). The summed E-state index contributed by atoms with van der Waals surface area (Å²) in [6, 6.07) is 6.40. The van der Waals surface area contributed by atoms with Gasteiger partial charge in [0.25, 0.3) is 10.0 Å². The van der Waals surface area contributed by atoms with Crippen LogP contribution in [0.5, 0.6) is 5.75 Å². The zero-order valence-electron chi connectivity index (χ0n) is 10.5. The van der Waals surface area contributed by atoms with Crippen molar-refractivity contribution in [2.45, 2.75) is 11.5 Å². The highest BCUT2D eigenvalue weighted by molar-refractivity contribution is 9.10. The van der Waals surface area contributed by atoms with Crippen molar-refractivity contribution in [3.63, 3.8) is 0 Å². The average Bonchev–Trinajstić information content (AvgIpc) is 2.87. The van der Waals surface area contributed by atoms with Crippen molar-refractivity contribution >= 4 is 43.0 Å². The lowest BCUT2D eigenvalue weighted by atomic mass is 10.3. The van der Waals surface area contributed by atoms with Crippen LogP contribution in [0.25, 0.3) is 0 Å². The van der Waals surface area contributed by atoms with E-state index in [2.05, 4.69) is 20.7 Å². The van der Waals surface area contributed by atoms with Gasteiger partial charge in [-0.3, -0.25) is 4.72 Å². The maximum atomic E-state index is 12.2. The van der Waals surface area contributed by atoms with E-state index in [4.69, 9.17) is 9.84 Å². The third-order valence-electron chi connectivity index (χ3n) is 2.46. The number of rotatable bonds is 5. The minimum atomic E-state index is -3.67. The van der Waals surface area contributed by atoms with Crippen molar-refractivity contribution in [3.05, 3.63) is 39.0 Å². The zero-order valence-corrected chi connectivity index (χ0v) is 13.7. The fourth-order valence-electron chi connectivity index (χ4n) is 1.54. The number of hydrogen-bond acceptors (Lipinski definition) is 5. The molecule has 8 heteroatoms. The SMILES string of the molecule is COc1cc(Br)cc(NS(=O)(=O)c2csc(CO)c2)c1. The lowest BCUT2D eigenvalue weighted by molar-refractivity contribution is 0.285. The molecule has 2 aromatic rings. The zero-order chi connectivity index (χ0) is 14.8. The first kappa shape index (κ1) is 15.3. The highest BCUT2D eigenvalue weighted by Crippen LogP contribution is 2.27. The molecule has 108 valence electrons. The summed E-state index contributed by atoms with van der Waals surface area (Å²) in [5, 5.41) is 10.5. The van der Waals surface area contributed by atoms with E-state index in [1.54, 1.807) is 18.2 Å². The summed E-state index contributed by atoms with van der Waals surface area (Å²) in [5.41, 5.74) is 0.396. The van der Waals surface area contributed by atoms with Crippen LogP contribution in [0.3, 0.4) is 0 Å². The second-order valence-corrected chi connectivity index (χ2v) is 7.49. The van der Waals surface area contributed by atoms with Gasteiger partial charge in [-0.15, -0.1) is 11.3 Å². The third kappa shape index (κ3) is 3.51. The highest BCUT2D eigenvalue weighted by atomic mass is 79.9. The molecule has 0 bridgehead atoms. The van der Waals surface area contributed by atoms with Gasteiger partial charge in [0.2, 0.25) is 0 Å². The predicted octanol–water partition coefficient (Wildman–Crippen LogP) is 2.81. The lowest BCUT2D eigenvalue weighted by Crippen LogP contribution is -2.12. The summed E-state index contributed by atoms with van der Waals surface area (Å²) >= 11 is 4.48.